The van der Waals surface area contributed by atoms with Gasteiger partial charge in [0.1, 0.15) is 5.60 Å². The standard InChI is InChI=1S/C31H46N2O6/c1-20(2)25(33(7)28(37)39-29(4,5)6)24(34)16-30-17-31(18-30,19-30)27(36)32-23(14-21(3)26(35)38-8)15-22-12-10-9-11-13-22/h9-13,20-21,23,25H,14-19H2,1-8H3,(H,32,36)/t21-,23+,25-,30?,31?/m0/s1. The molecule has 1 N–H and O–H groups in total. The van der Waals surface area contributed by atoms with Crippen molar-refractivity contribution in [3.8, 4) is 0 Å². The van der Waals surface area contributed by atoms with Crippen LogP contribution in [0.2, 0.25) is 0 Å². The summed E-state index contributed by atoms with van der Waals surface area (Å²) in [5.41, 5.74) is -0.178. The number of hydrogen-bond acceptors (Lipinski definition) is 6. The van der Waals surface area contributed by atoms with E-state index in [4.69, 9.17) is 9.47 Å². The Hall–Kier alpha value is -2.90. The van der Waals surface area contributed by atoms with Gasteiger partial charge in [-0.3, -0.25) is 14.4 Å². The molecule has 0 radical (unpaired) electrons. The van der Waals surface area contributed by atoms with Gasteiger partial charge in [0.25, 0.3) is 0 Å². The third-order valence-corrected chi connectivity index (χ3v) is 8.13. The van der Waals surface area contributed by atoms with Crippen LogP contribution in [0.3, 0.4) is 0 Å². The summed E-state index contributed by atoms with van der Waals surface area (Å²) in [7, 11) is 3.00. The van der Waals surface area contributed by atoms with E-state index in [1.165, 1.54) is 12.0 Å². The van der Waals surface area contributed by atoms with Crippen molar-refractivity contribution in [2.24, 2.45) is 22.7 Å². The fourth-order valence-electron chi connectivity index (χ4n) is 6.54. The van der Waals surface area contributed by atoms with Crippen molar-refractivity contribution in [1.29, 1.82) is 0 Å². The van der Waals surface area contributed by atoms with E-state index >= 15 is 0 Å². The van der Waals surface area contributed by atoms with Crippen molar-refractivity contribution in [2.75, 3.05) is 14.2 Å². The lowest BCUT2D eigenvalue weighted by Crippen LogP contribution is -2.69. The zero-order chi connectivity index (χ0) is 29.2. The highest BCUT2D eigenvalue weighted by molar-refractivity contribution is 5.91. The van der Waals surface area contributed by atoms with Gasteiger partial charge in [0, 0.05) is 19.5 Å². The van der Waals surface area contributed by atoms with Gasteiger partial charge in [-0.1, -0.05) is 51.1 Å². The second kappa shape index (κ2) is 11.7. The Morgan fingerprint density at radius 1 is 1.03 bits per heavy atom. The summed E-state index contributed by atoms with van der Waals surface area (Å²) in [6, 6.07) is 9.13. The quantitative estimate of drug-likeness (QED) is 0.376. The molecule has 3 aliphatic carbocycles. The number of Topliss-reactive ketones (excluding diaryl/α,β-unsaturated/α-hetero) is 1. The van der Waals surface area contributed by atoms with E-state index in [1.54, 1.807) is 27.8 Å². The van der Waals surface area contributed by atoms with Gasteiger partial charge in [-0.25, -0.2) is 4.79 Å². The fraction of sp³-hybridized carbons (Fsp3) is 0.677. The third kappa shape index (κ3) is 7.20. The van der Waals surface area contributed by atoms with Crippen molar-refractivity contribution in [3.63, 3.8) is 0 Å². The van der Waals surface area contributed by atoms with Crippen LogP contribution in [0.4, 0.5) is 4.79 Å². The number of carbonyl (C=O) groups excluding carboxylic acids is 4. The van der Waals surface area contributed by atoms with Crippen LogP contribution in [0.25, 0.3) is 0 Å². The molecule has 4 rings (SSSR count). The molecule has 8 nitrogen and oxygen atoms in total. The predicted molar refractivity (Wildman–Crippen MR) is 149 cm³/mol. The largest absolute Gasteiger partial charge is 0.469 e. The van der Waals surface area contributed by atoms with E-state index < -0.39 is 23.2 Å². The second-order valence-corrected chi connectivity index (χ2v) is 13.3. The van der Waals surface area contributed by atoms with Crippen molar-refractivity contribution in [2.45, 2.75) is 97.8 Å². The van der Waals surface area contributed by atoms with Crippen LogP contribution in [-0.2, 0) is 30.3 Å². The van der Waals surface area contributed by atoms with Gasteiger partial charge in [-0.15, -0.1) is 0 Å². The van der Waals surface area contributed by atoms with Crippen LogP contribution in [0.15, 0.2) is 30.3 Å². The van der Waals surface area contributed by atoms with Crippen molar-refractivity contribution < 1.29 is 28.7 Å². The van der Waals surface area contributed by atoms with E-state index in [9.17, 15) is 19.2 Å². The molecule has 0 unspecified atom stereocenters. The van der Waals surface area contributed by atoms with Gasteiger partial charge < -0.3 is 19.7 Å². The molecule has 3 aliphatic rings. The molecular formula is C31H46N2O6. The average molecular weight is 543 g/mol. The van der Waals surface area contributed by atoms with Gasteiger partial charge in [0.05, 0.1) is 24.5 Å². The molecule has 2 bridgehead atoms. The third-order valence-electron chi connectivity index (χ3n) is 8.13. The highest BCUT2D eigenvalue weighted by Crippen LogP contribution is 2.75. The normalized spacial score (nSPS) is 23.9. The molecule has 39 heavy (non-hydrogen) atoms. The molecule has 0 aliphatic heterocycles. The monoisotopic (exact) mass is 542 g/mol. The number of hydrogen-bond donors (Lipinski definition) is 1. The molecule has 3 saturated carbocycles. The second-order valence-electron chi connectivity index (χ2n) is 13.3. The van der Waals surface area contributed by atoms with Gasteiger partial charge in [0.15, 0.2) is 5.78 Å². The van der Waals surface area contributed by atoms with Crippen molar-refractivity contribution >= 4 is 23.8 Å². The van der Waals surface area contributed by atoms with Crippen LogP contribution in [0.5, 0.6) is 0 Å². The van der Waals surface area contributed by atoms with E-state index in [1.807, 2.05) is 51.1 Å². The molecule has 8 heteroatoms. The average Bonchev–Trinajstić information content (AvgIpc) is 2.78. The Bertz CT molecular complexity index is 1040. The molecule has 0 saturated heterocycles. The van der Waals surface area contributed by atoms with Crippen LogP contribution >= 0.6 is 0 Å². The highest BCUT2D eigenvalue weighted by Gasteiger charge is 2.71. The Labute approximate surface area is 233 Å². The summed E-state index contributed by atoms with van der Waals surface area (Å²) in [6.07, 6.45) is 2.97. The van der Waals surface area contributed by atoms with Gasteiger partial charge in [-0.2, -0.15) is 0 Å². The summed E-state index contributed by atoms with van der Waals surface area (Å²) in [4.78, 5) is 53.0. The first kappa shape index (κ1) is 30.6. The first-order valence-electron chi connectivity index (χ1n) is 14.0. The topological polar surface area (TPSA) is 102 Å². The first-order valence-corrected chi connectivity index (χ1v) is 14.0. The van der Waals surface area contributed by atoms with E-state index in [-0.39, 0.29) is 41.0 Å². The summed E-state index contributed by atoms with van der Waals surface area (Å²) in [5.74, 6) is -0.672. The molecule has 216 valence electrons. The Balaban J connectivity index is 1.61. The van der Waals surface area contributed by atoms with Gasteiger partial charge in [-0.05, 0) is 69.8 Å². The summed E-state index contributed by atoms with van der Waals surface area (Å²) in [5, 5.41) is 3.22. The lowest BCUT2D eigenvalue weighted by molar-refractivity contribution is -0.211. The smallest absolute Gasteiger partial charge is 0.410 e. The molecule has 0 heterocycles. The number of ether oxygens (including phenoxy) is 2. The number of nitrogens with one attached hydrogen (secondary N) is 1. The Morgan fingerprint density at radius 2 is 1.62 bits per heavy atom. The van der Waals surface area contributed by atoms with Crippen LogP contribution in [0, 0.1) is 22.7 Å². The van der Waals surface area contributed by atoms with Crippen LogP contribution in [-0.4, -0.2) is 60.5 Å². The van der Waals surface area contributed by atoms with E-state index in [0.717, 1.165) is 5.56 Å². The molecule has 1 aromatic carbocycles. The van der Waals surface area contributed by atoms with Crippen LogP contribution in [0.1, 0.15) is 79.2 Å². The van der Waals surface area contributed by atoms with Crippen LogP contribution < -0.4 is 5.32 Å². The number of nitrogens with zero attached hydrogens (tertiary/aromatic N) is 1. The minimum absolute atomic E-state index is 0.00102. The first-order chi connectivity index (χ1) is 18.1. The number of benzene rings is 1. The number of ketones is 1. The lowest BCUT2D eigenvalue weighted by atomic mass is 9.33. The van der Waals surface area contributed by atoms with E-state index in [2.05, 4.69) is 5.32 Å². The number of carbonyl (C=O) groups is 4. The lowest BCUT2D eigenvalue weighted by Gasteiger charge is -2.69. The predicted octanol–water partition coefficient (Wildman–Crippen LogP) is 4.93. The minimum atomic E-state index is -0.642. The number of esters is 1. The summed E-state index contributed by atoms with van der Waals surface area (Å²) < 4.78 is 10.4. The molecular weight excluding hydrogens is 496 g/mol. The molecule has 3 fully saturated rings. The number of amides is 2. The van der Waals surface area contributed by atoms with Gasteiger partial charge in [0.2, 0.25) is 5.91 Å². The van der Waals surface area contributed by atoms with Crippen molar-refractivity contribution in [3.05, 3.63) is 35.9 Å². The van der Waals surface area contributed by atoms with Crippen molar-refractivity contribution in [1.82, 2.24) is 10.2 Å². The maximum Gasteiger partial charge on any atom is 0.410 e. The van der Waals surface area contributed by atoms with Gasteiger partial charge >= 0.3 is 12.1 Å². The maximum absolute atomic E-state index is 13.4. The molecule has 2 amide bonds. The molecule has 0 aromatic heterocycles. The molecule has 0 spiro atoms. The Kier molecular flexibility index (Phi) is 9.18. The molecule has 3 atom stereocenters. The number of rotatable bonds is 12. The number of likely N-dealkylation sites (N-methyl/N-ethyl adjacent to an activating group) is 1. The fourth-order valence-corrected chi connectivity index (χ4v) is 6.54. The highest BCUT2D eigenvalue weighted by atomic mass is 16.6. The summed E-state index contributed by atoms with van der Waals surface area (Å²) >= 11 is 0. The maximum atomic E-state index is 13.4. The zero-order valence-corrected chi connectivity index (χ0v) is 24.8. The summed E-state index contributed by atoms with van der Waals surface area (Å²) in [6.45, 7) is 11.1. The SMILES string of the molecule is COC(=O)[C@@H](C)C[C@H](Cc1ccccc1)NC(=O)C12CC(CC(=O)[C@H](C(C)C)N(C)C(=O)OC(C)(C)C)(C1)C2. The molecule has 1 aromatic rings. The number of methoxy groups -OCH3 is 1. The minimum Gasteiger partial charge on any atom is -0.469 e. The zero-order valence-electron chi connectivity index (χ0n) is 24.8. The Morgan fingerprint density at radius 3 is 2.13 bits per heavy atom. The van der Waals surface area contributed by atoms with E-state index in [0.29, 0.717) is 38.5 Å².